The lowest BCUT2D eigenvalue weighted by Crippen LogP contribution is -2.36. The molecule has 0 fully saturated rings. The second kappa shape index (κ2) is 3.78. The van der Waals surface area contributed by atoms with Crippen LogP contribution in [0.3, 0.4) is 0 Å². The minimum absolute atomic E-state index is 0.466. The highest BCUT2D eigenvalue weighted by Crippen LogP contribution is 2.48. The number of benzene rings is 1. The minimum Gasteiger partial charge on any atom is -0.486 e. The molecule has 2 aliphatic rings. The number of ether oxygens (including phenoxy) is 4. The summed E-state index contributed by atoms with van der Waals surface area (Å²) in [5.74, 6) is 1.66. The molecule has 0 unspecified atom stereocenters. The van der Waals surface area contributed by atoms with E-state index >= 15 is 0 Å². The maximum atomic E-state index is 5.81. The largest absolute Gasteiger partial charge is 0.486 e. The first kappa shape index (κ1) is 11.2. The molecule has 0 saturated heterocycles. The lowest BCUT2D eigenvalue weighted by atomic mass is 10.1. The van der Waals surface area contributed by atoms with Crippen molar-refractivity contribution >= 4 is 15.9 Å². The van der Waals surface area contributed by atoms with E-state index in [0.29, 0.717) is 19.8 Å². The zero-order valence-corrected chi connectivity index (χ0v) is 11.3. The molecule has 2 aliphatic heterocycles. The first-order valence-electron chi connectivity index (χ1n) is 5.51. The van der Waals surface area contributed by atoms with Gasteiger partial charge in [0.15, 0.2) is 11.5 Å². The first-order valence-corrected chi connectivity index (χ1v) is 6.30. The lowest BCUT2D eigenvalue weighted by molar-refractivity contribution is -0.181. The number of rotatable bonds is 0. The molecule has 0 saturated carbocycles. The van der Waals surface area contributed by atoms with Gasteiger partial charge in [-0.1, -0.05) is 0 Å². The Morgan fingerprint density at radius 1 is 1.18 bits per heavy atom. The van der Waals surface area contributed by atoms with Crippen molar-refractivity contribution in [2.75, 3.05) is 13.2 Å². The molecular weight excluding hydrogens is 288 g/mol. The van der Waals surface area contributed by atoms with Crippen LogP contribution < -0.4 is 14.2 Å². The summed E-state index contributed by atoms with van der Waals surface area (Å²) in [6.45, 7) is 5.38. The van der Waals surface area contributed by atoms with Gasteiger partial charge in [0.1, 0.15) is 19.0 Å². The van der Waals surface area contributed by atoms with E-state index in [1.165, 1.54) is 0 Å². The van der Waals surface area contributed by atoms with Crippen LogP contribution in [0.25, 0.3) is 0 Å². The van der Waals surface area contributed by atoms with Crippen molar-refractivity contribution in [3.8, 4) is 17.2 Å². The molecule has 0 atom stereocenters. The van der Waals surface area contributed by atoms with Crippen molar-refractivity contribution < 1.29 is 18.9 Å². The standard InChI is InChI=1S/C12H13BrO4/c1-12(2)16-6-7-10(17-12)8(13)5-9-11(7)15-4-3-14-9/h5H,3-4,6H2,1-2H3. The van der Waals surface area contributed by atoms with Crippen LogP contribution in [0.5, 0.6) is 17.2 Å². The van der Waals surface area contributed by atoms with E-state index < -0.39 is 5.79 Å². The zero-order valence-electron chi connectivity index (χ0n) is 9.71. The van der Waals surface area contributed by atoms with E-state index in [4.69, 9.17) is 18.9 Å². The van der Waals surface area contributed by atoms with Crippen LogP contribution in [-0.2, 0) is 11.3 Å². The third-order valence-electron chi connectivity index (χ3n) is 2.75. The lowest BCUT2D eigenvalue weighted by Gasteiger charge is -2.35. The van der Waals surface area contributed by atoms with Gasteiger partial charge in [-0.15, -0.1) is 0 Å². The summed E-state index contributed by atoms with van der Waals surface area (Å²) in [4.78, 5) is 0. The second-order valence-corrected chi connectivity index (χ2v) is 5.34. The van der Waals surface area contributed by atoms with Crippen LogP contribution in [0.4, 0.5) is 0 Å². The summed E-state index contributed by atoms with van der Waals surface area (Å²) in [5, 5.41) is 0. The van der Waals surface area contributed by atoms with Crippen LogP contribution in [0.1, 0.15) is 19.4 Å². The summed E-state index contributed by atoms with van der Waals surface area (Å²) in [6, 6.07) is 1.88. The van der Waals surface area contributed by atoms with Gasteiger partial charge in [-0.05, 0) is 15.9 Å². The maximum Gasteiger partial charge on any atom is 0.205 e. The highest BCUT2D eigenvalue weighted by molar-refractivity contribution is 9.10. The Labute approximate surface area is 108 Å². The Balaban J connectivity index is 2.13. The molecular formula is C12H13BrO4. The van der Waals surface area contributed by atoms with Crippen LogP contribution in [0.15, 0.2) is 10.5 Å². The first-order chi connectivity index (χ1) is 8.07. The van der Waals surface area contributed by atoms with Gasteiger partial charge >= 0.3 is 0 Å². The van der Waals surface area contributed by atoms with Gasteiger partial charge < -0.3 is 18.9 Å². The number of hydrogen-bond donors (Lipinski definition) is 0. The molecule has 0 bridgehead atoms. The average Bonchev–Trinajstić information content (AvgIpc) is 2.28. The molecule has 1 aromatic rings. The van der Waals surface area contributed by atoms with Gasteiger partial charge in [0.2, 0.25) is 5.79 Å². The normalized spacial score (nSPS) is 20.4. The molecule has 0 aliphatic carbocycles. The molecule has 5 heteroatoms. The smallest absolute Gasteiger partial charge is 0.205 e. The summed E-state index contributed by atoms with van der Waals surface area (Å²) in [5.41, 5.74) is 0.911. The fourth-order valence-corrected chi connectivity index (χ4v) is 2.49. The maximum absolute atomic E-state index is 5.81. The predicted molar refractivity (Wildman–Crippen MR) is 64.6 cm³/mol. The topological polar surface area (TPSA) is 36.9 Å². The van der Waals surface area contributed by atoms with Crippen LogP contribution in [0.2, 0.25) is 0 Å². The minimum atomic E-state index is -0.612. The summed E-state index contributed by atoms with van der Waals surface area (Å²) in [6.07, 6.45) is 0. The molecule has 0 N–H and O–H groups in total. The number of fused-ring (bicyclic) bond motifs is 3. The Morgan fingerprint density at radius 2 is 1.94 bits per heavy atom. The molecule has 0 amide bonds. The summed E-state index contributed by atoms with van der Waals surface area (Å²) < 4.78 is 23.5. The molecule has 0 aromatic heterocycles. The van der Waals surface area contributed by atoms with Crippen LogP contribution in [-0.4, -0.2) is 19.0 Å². The third-order valence-corrected chi connectivity index (χ3v) is 3.33. The fourth-order valence-electron chi connectivity index (χ4n) is 1.97. The third kappa shape index (κ3) is 1.87. The molecule has 4 nitrogen and oxygen atoms in total. The van der Waals surface area contributed by atoms with E-state index in [-0.39, 0.29) is 0 Å². The Kier molecular flexibility index (Phi) is 2.48. The Morgan fingerprint density at radius 3 is 2.76 bits per heavy atom. The van der Waals surface area contributed by atoms with Crippen molar-refractivity contribution in [3.63, 3.8) is 0 Å². The van der Waals surface area contributed by atoms with Crippen LogP contribution in [0, 0.1) is 0 Å². The van der Waals surface area contributed by atoms with Crippen molar-refractivity contribution in [1.82, 2.24) is 0 Å². The molecule has 1 aromatic carbocycles. The van der Waals surface area contributed by atoms with Gasteiger partial charge in [0, 0.05) is 19.9 Å². The predicted octanol–water partition coefficient (Wildman–Crippen LogP) is 2.87. The molecule has 0 radical (unpaired) electrons. The SMILES string of the molecule is CC1(C)OCc2c(c(Br)cc3c2OCCO3)O1. The van der Waals surface area contributed by atoms with Gasteiger partial charge in [-0.3, -0.25) is 0 Å². The highest BCUT2D eigenvalue weighted by Gasteiger charge is 2.33. The van der Waals surface area contributed by atoms with Crippen LogP contribution >= 0.6 is 15.9 Å². The molecule has 3 rings (SSSR count). The fraction of sp³-hybridized carbons (Fsp3) is 0.500. The van der Waals surface area contributed by atoms with Crippen molar-refractivity contribution in [3.05, 3.63) is 16.1 Å². The van der Waals surface area contributed by atoms with Gasteiger partial charge in [-0.2, -0.15) is 0 Å². The Hall–Kier alpha value is -0.940. The van der Waals surface area contributed by atoms with Crippen molar-refractivity contribution in [2.24, 2.45) is 0 Å². The average molecular weight is 301 g/mol. The Bertz CT molecular complexity index is 470. The number of hydrogen-bond acceptors (Lipinski definition) is 4. The molecule has 2 heterocycles. The van der Waals surface area contributed by atoms with E-state index in [0.717, 1.165) is 27.3 Å². The van der Waals surface area contributed by atoms with Gasteiger partial charge in [0.25, 0.3) is 0 Å². The van der Waals surface area contributed by atoms with Crippen molar-refractivity contribution in [1.29, 1.82) is 0 Å². The monoisotopic (exact) mass is 300 g/mol. The van der Waals surface area contributed by atoms with E-state index in [1.807, 2.05) is 19.9 Å². The molecule has 92 valence electrons. The van der Waals surface area contributed by atoms with E-state index in [1.54, 1.807) is 0 Å². The summed E-state index contributed by atoms with van der Waals surface area (Å²) in [7, 11) is 0. The number of halogens is 1. The summed E-state index contributed by atoms with van der Waals surface area (Å²) >= 11 is 3.50. The molecule has 17 heavy (non-hydrogen) atoms. The zero-order chi connectivity index (χ0) is 12.0. The van der Waals surface area contributed by atoms with E-state index in [9.17, 15) is 0 Å². The quantitative estimate of drug-likeness (QED) is 0.738. The molecule has 0 spiro atoms. The highest BCUT2D eigenvalue weighted by atomic mass is 79.9. The van der Waals surface area contributed by atoms with E-state index in [2.05, 4.69) is 15.9 Å². The second-order valence-electron chi connectivity index (χ2n) is 4.48. The van der Waals surface area contributed by atoms with Gasteiger partial charge in [0.05, 0.1) is 16.6 Å². The van der Waals surface area contributed by atoms with Crippen molar-refractivity contribution in [2.45, 2.75) is 26.2 Å². The van der Waals surface area contributed by atoms with Gasteiger partial charge in [-0.25, -0.2) is 0 Å².